The van der Waals surface area contributed by atoms with Crippen LogP contribution in [0, 0.1) is 5.41 Å². The minimum Gasteiger partial charge on any atom is -0.355 e. The third-order valence-electron chi connectivity index (χ3n) is 4.96. The third-order valence-corrected chi connectivity index (χ3v) is 4.96. The molecule has 2 saturated heterocycles. The lowest BCUT2D eigenvalue weighted by Gasteiger charge is -2.48. The van der Waals surface area contributed by atoms with Crippen molar-refractivity contribution in [1.82, 2.24) is 15.1 Å². The van der Waals surface area contributed by atoms with Crippen molar-refractivity contribution in [3.05, 3.63) is 48.2 Å². The maximum atomic E-state index is 4.75. The number of anilines is 1. The van der Waals surface area contributed by atoms with E-state index in [1.54, 1.807) is 0 Å². The molecule has 0 saturated carbocycles. The van der Waals surface area contributed by atoms with Crippen molar-refractivity contribution in [3.8, 4) is 0 Å². The predicted molar refractivity (Wildman–Crippen MR) is 84.5 cm³/mol. The highest BCUT2D eigenvalue weighted by Gasteiger charge is 2.39. The SMILES string of the molecule is c1ccc(Cn2ccc(N3CCC4(CC3)CNC4)n2)cc1. The van der Waals surface area contributed by atoms with Gasteiger partial charge in [-0.3, -0.25) is 4.68 Å². The number of nitrogens with zero attached hydrogens (tertiary/aromatic N) is 3. The summed E-state index contributed by atoms with van der Waals surface area (Å²) in [5.41, 5.74) is 1.90. The van der Waals surface area contributed by atoms with Crippen LogP contribution in [0.15, 0.2) is 42.6 Å². The van der Waals surface area contributed by atoms with Crippen LogP contribution in [0.2, 0.25) is 0 Å². The first kappa shape index (κ1) is 12.9. The molecule has 0 bridgehead atoms. The Morgan fingerprint density at radius 2 is 1.81 bits per heavy atom. The van der Waals surface area contributed by atoms with Gasteiger partial charge in [-0.15, -0.1) is 0 Å². The number of hydrogen-bond acceptors (Lipinski definition) is 3. The Morgan fingerprint density at radius 1 is 1.05 bits per heavy atom. The predicted octanol–water partition coefficient (Wildman–Crippen LogP) is 2.12. The Bertz CT molecular complexity index is 590. The molecule has 3 heterocycles. The van der Waals surface area contributed by atoms with Gasteiger partial charge < -0.3 is 10.2 Å². The largest absolute Gasteiger partial charge is 0.355 e. The van der Waals surface area contributed by atoms with Crippen molar-refractivity contribution in [3.63, 3.8) is 0 Å². The lowest BCUT2D eigenvalue weighted by atomic mass is 9.73. The molecule has 4 nitrogen and oxygen atoms in total. The van der Waals surface area contributed by atoms with Gasteiger partial charge in [0.25, 0.3) is 0 Å². The molecule has 21 heavy (non-hydrogen) atoms. The molecule has 0 aliphatic carbocycles. The number of benzene rings is 1. The monoisotopic (exact) mass is 282 g/mol. The van der Waals surface area contributed by atoms with Gasteiger partial charge in [-0.1, -0.05) is 30.3 Å². The summed E-state index contributed by atoms with van der Waals surface area (Å²) in [7, 11) is 0. The number of piperidine rings is 1. The molecule has 2 aliphatic heterocycles. The zero-order valence-corrected chi connectivity index (χ0v) is 12.3. The molecular weight excluding hydrogens is 260 g/mol. The van der Waals surface area contributed by atoms with Gasteiger partial charge in [0.15, 0.2) is 5.82 Å². The molecule has 0 atom stereocenters. The van der Waals surface area contributed by atoms with Gasteiger partial charge in [-0.05, 0) is 23.8 Å². The van der Waals surface area contributed by atoms with Gasteiger partial charge in [0.2, 0.25) is 0 Å². The summed E-state index contributed by atoms with van der Waals surface area (Å²) in [6.07, 6.45) is 4.69. The summed E-state index contributed by atoms with van der Waals surface area (Å²) in [6.45, 7) is 5.56. The molecule has 110 valence electrons. The minimum absolute atomic E-state index is 0.600. The fraction of sp³-hybridized carbons (Fsp3) is 0.471. The molecule has 4 rings (SSSR count). The molecule has 0 unspecified atom stereocenters. The number of hydrogen-bond donors (Lipinski definition) is 1. The van der Waals surface area contributed by atoms with Crippen molar-refractivity contribution in [2.45, 2.75) is 19.4 Å². The Balaban J connectivity index is 1.40. The van der Waals surface area contributed by atoms with Gasteiger partial charge in [0.05, 0.1) is 6.54 Å². The van der Waals surface area contributed by atoms with E-state index in [4.69, 9.17) is 5.10 Å². The van der Waals surface area contributed by atoms with E-state index in [9.17, 15) is 0 Å². The molecule has 1 spiro atoms. The maximum absolute atomic E-state index is 4.75. The van der Waals surface area contributed by atoms with Crippen LogP contribution >= 0.6 is 0 Å². The summed E-state index contributed by atoms with van der Waals surface area (Å²) < 4.78 is 2.04. The van der Waals surface area contributed by atoms with Gasteiger partial charge >= 0.3 is 0 Å². The second-order valence-electron chi connectivity index (χ2n) is 6.45. The Kier molecular flexibility index (Phi) is 3.19. The van der Waals surface area contributed by atoms with Crippen LogP contribution in [0.5, 0.6) is 0 Å². The zero-order valence-electron chi connectivity index (χ0n) is 12.3. The van der Waals surface area contributed by atoms with Crippen LogP contribution in [0.4, 0.5) is 5.82 Å². The lowest BCUT2D eigenvalue weighted by molar-refractivity contribution is 0.126. The molecule has 4 heteroatoms. The van der Waals surface area contributed by atoms with E-state index in [-0.39, 0.29) is 0 Å². The highest BCUT2D eigenvalue weighted by Crippen LogP contribution is 2.36. The third kappa shape index (κ3) is 2.56. The topological polar surface area (TPSA) is 33.1 Å². The molecule has 2 aromatic rings. The van der Waals surface area contributed by atoms with E-state index >= 15 is 0 Å². The van der Waals surface area contributed by atoms with Crippen LogP contribution in [-0.4, -0.2) is 36.0 Å². The number of aromatic nitrogens is 2. The van der Waals surface area contributed by atoms with Crippen LogP contribution in [0.25, 0.3) is 0 Å². The highest BCUT2D eigenvalue weighted by molar-refractivity contribution is 5.38. The smallest absolute Gasteiger partial charge is 0.150 e. The molecule has 0 amide bonds. The van der Waals surface area contributed by atoms with E-state index in [1.807, 2.05) is 4.68 Å². The first-order valence-electron chi connectivity index (χ1n) is 7.86. The lowest BCUT2D eigenvalue weighted by Crippen LogP contribution is -2.58. The summed E-state index contributed by atoms with van der Waals surface area (Å²) in [6, 6.07) is 12.7. The van der Waals surface area contributed by atoms with E-state index in [0.717, 1.165) is 25.5 Å². The summed E-state index contributed by atoms with van der Waals surface area (Å²) in [5, 5.41) is 8.17. The van der Waals surface area contributed by atoms with Crippen LogP contribution < -0.4 is 10.2 Å². The Hall–Kier alpha value is -1.81. The van der Waals surface area contributed by atoms with Crippen molar-refractivity contribution in [2.75, 3.05) is 31.1 Å². The van der Waals surface area contributed by atoms with Crippen molar-refractivity contribution in [2.24, 2.45) is 5.41 Å². The molecule has 0 radical (unpaired) electrons. The second-order valence-corrected chi connectivity index (χ2v) is 6.45. The van der Waals surface area contributed by atoms with Crippen molar-refractivity contribution >= 4 is 5.82 Å². The average Bonchev–Trinajstić information content (AvgIpc) is 2.95. The molecule has 1 aromatic heterocycles. The van der Waals surface area contributed by atoms with E-state index in [0.29, 0.717) is 5.41 Å². The first-order valence-corrected chi connectivity index (χ1v) is 7.86. The Morgan fingerprint density at radius 3 is 2.48 bits per heavy atom. The highest BCUT2D eigenvalue weighted by atomic mass is 15.3. The zero-order chi connectivity index (χ0) is 14.1. The standard InChI is InChI=1S/C17H22N4/c1-2-4-15(5-3-1)12-21-9-6-16(19-21)20-10-7-17(8-11-20)13-18-14-17/h1-6,9,18H,7-8,10-14H2. The molecule has 2 aliphatic rings. The molecule has 1 aromatic carbocycles. The summed E-state index contributed by atoms with van der Waals surface area (Å²) in [4.78, 5) is 2.44. The van der Waals surface area contributed by atoms with Crippen molar-refractivity contribution in [1.29, 1.82) is 0 Å². The quantitative estimate of drug-likeness (QED) is 0.936. The Labute approximate surface area is 125 Å². The van der Waals surface area contributed by atoms with Gasteiger partial charge in [0, 0.05) is 38.4 Å². The number of rotatable bonds is 3. The fourth-order valence-corrected chi connectivity index (χ4v) is 3.42. The van der Waals surface area contributed by atoms with Crippen molar-refractivity contribution < 1.29 is 0 Å². The summed E-state index contributed by atoms with van der Waals surface area (Å²) >= 11 is 0. The second kappa shape index (κ2) is 5.19. The molecule has 2 fully saturated rings. The fourth-order valence-electron chi connectivity index (χ4n) is 3.42. The first-order chi connectivity index (χ1) is 10.3. The van der Waals surface area contributed by atoms with Crippen LogP contribution in [0.3, 0.4) is 0 Å². The maximum Gasteiger partial charge on any atom is 0.150 e. The van der Waals surface area contributed by atoms with Gasteiger partial charge in [-0.25, -0.2) is 0 Å². The summed E-state index contributed by atoms with van der Waals surface area (Å²) in [5.74, 6) is 1.13. The van der Waals surface area contributed by atoms with Gasteiger partial charge in [0.1, 0.15) is 0 Å². The minimum atomic E-state index is 0.600. The van der Waals surface area contributed by atoms with E-state index in [1.165, 1.54) is 31.5 Å². The van der Waals surface area contributed by atoms with Crippen LogP contribution in [0.1, 0.15) is 18.4 Å². The average molecular weight is 282 g/mol. The normalized spacial score (nSPS) is 20.5. The van der Waals surface area contributed by atoms with Gasteiger partial charge in [-0.2, -0.15) is 5.10 Å². The number of nitrogens with one attached hydrogen (secondary N) is 1. The van der Waals surface area contributed by atoms with E-state index in [2.05, 4.69) is 52.8 Å². The van der Waals surface area contributed by atoms with E-state index < -0.39 is 0 Å². The van der Waals surface area contributed by atoms with Crippen LogP contribution in [-0.2, 0) is 6.54 Å². The molecule has 1 N–H and O–H groups in total. The molecular formula is C17H22N4.